The Labute approximate surface area is 122 Å². The third-order valence-corrected chi connectivity index (χ3v) is 3.31. The van der Waals surface area contributed by atoms with Gasteiger partial charge in [-0.25, -0.2) is 26.3 Å². The van der Waals surface area contributed by atoms with E-state index in [2.05, 4.69) is 4.74 Å². The van der Waals surface area contributed by atoms with Crippen molar-refractivity contribution in [2.45, 2.75) is 6.92 Å². The second kappa shape index (κ2) is 5.94. The summed E-state index contributed by atoms with van der Waals surface area (Å²) in [6.45, 7) is 1.08. The fourth-order valence-electron chi connectivity index (χ4n) is 2.15. The van der Waals surface area contributed by atoms with Crippen LogP contribution in [0.2, 0.25) is 0 Å². The summed E-state index contributed by atoms with van der Waals surface area (Å²) in [5.74, 6) is -8.61. The Morgan fingerprint density at radius 1 is 0.773 bits per heavy atom. The molecule has 0 N–H and O–H groups in total. The summed E-state index contributed by atoms with van der Waals surface area (Å²) in [5.41, 5.74) is -1.45. The van der Waals surface area contributed by atoms with Crippen molar-refractivity contribution in [2.24, 2.45) is 0 Å². The molecule has 0 bridgehead atoms. The molecular formula is C14H9BF6O. The highest BCUT2D eigenvalue weighted by Gasteiger charge is 2.24. The van der Waals surface area contributed by atoms with Gasteiger partial charge in [-0.15, -0.1) is 0 Å². The maximum Gasteiger partial charge on any atom is 0.205 e. The molecule has 0 unspecified atom stereocenters. The van der Waals surface area contributed by atoms with Crippen molar-refractivity contribution in [2.75, 3.05) is 7.11 Å². The van der Waals surface area contributed by atoms with E-state index in [1.54, 1.807) is 0 Å². The summed E-state index contributed by atoms with van der Waals surface area (Å²) in [6.07, 6.45) is 0. The lowest BCUT2D eigenvalue weighted by Crippen LogP contribution is -2.36. The van der Waals surface area contributed by atoms with Crippen molar-refractivity contribution in [1.29, 1.82) is 0 Å². The van der Waals surface area contributed by atoms with Crippen LogP contribution in [0.3, 0.4) is 0 Å². The first-order valence-corrected chi connectivity index (χ1v) is 6.11. The van der Waals surface area contributed by atoms with Crippen molar-refractivity contribution < 1.29 is 31.1 Å². The van der Waals surface area contributed by atoms with Gasteiger partial charge in [0.05, 0.1) is 7.11 Å². The van der Waals surface area contributed by atoms with Crippen LogP contribution in [0.5, 0.6) is 5.75 Å². The molecule has 0 aliphatic rings. The predicted octanol–water partition coefficient (Wildman–Crippen LogP) is 2.23. The van der Waals surface area contributed by atoms with Crippen LogP contribution >= 0.6 is 0 Å². The van der Waals surface area contributed by atoms with Crippen LogP contribution in [0.15, 0.2) is 12.1 Å². The molecule has 0 aromatic heterocycles. The van der Waals surface area contributed by atoms with Gasteiger partial charge in [0.2, 0.25) is 7.28 Å². The van der Waals surface area contributed by atoms with Crippen molar-refractivity contribution in [1.82, 2.24) is 0 Å². The molecule has 0 aliphatic carbocycles. The third kappa shape index (κ3) is 2.65. The van der Waals surface area contributed by atoms with Crippen LogP contribution in [0.1, 0.15) is 5.56 Å². The number of ether oxygens (including phenoxy) is 1. The van der Waals surface area contributed by atoms with Gasteiger partial charge in [-0.05, 0) is 17.9 Å². The maximum absolute atomic E-state index is 13.8. The summed E-state index contributed by atoms with van der Waals surface area (Å²) >= 11 is 0. The predicted molar refractivity (Wildman–Crippen MR) is 70.3 cm³/mol. The molecule has 2 aromatic rings. The van der Waals surface area contributed by atoms with E-state index in [4.69, 9.17) is 0 Å². The Bertz CT molecular complexity index is 747. The fourth-order valence-corrected chi connectivity index (χ4v) is 2.15. The highest BCUT2D eigenvalue weighted by Crippen LogP contribution is 2.19. The molecule has 0 aliphatic heterocycles. The minimum Gasteiger partial charge on any atom is -0.494 e. The monoisotopic (exact) mass is 318 g/mol. The average molecular weight is 318 g/mol. The van der Waals surface area contributed by atoms with Gasteiger partial charge in [0, 0.05) is 17.6 Å². The van der Waals surface area contributed by atoms with Crippen LogP contribution in [-0.2, 0) is 0 Å². The summed E-state index contributed by atoms with van der Waals surface area (Å²) in [5, 5.41) is 0. The molecule has 0 radical (unpaired) electrons. The summed E-state index contributed by atoms with van der Waals surface area (Å²) in [6, 6.07) is 0.573. The number of hydrogen-bond donors (Lipinski definition) is 0. The first kappa shape index (κ1) is 16.3. The van der Waals surface area contributed by atoms with Crippen LogP contribution < -0.4 is 15.7 Å². The number of halogens is 6. The van der Waals surface area contributed by atoms with Crippen molar-refractivity contribution in [3.05, 3.63) is 52.6 Å². The second-order valence-corrected chi connectivity index (χ2v) is 4.60. The largest absolute Gasteiger partial charge is 0.494 e. The summed E-state index contributed by atoms with van der Waals surface area (Å²) in [4.78, 5) is 0. The van der Waals surface area contributed by atoms with E-state index in [1.165, 1.54) is 0 Å². The topological polar surface area (TPSA) is 9.23 Å². The van der Waals surface area contributed by atoms with Gasteiger partial charge in [-0.2, -0.15) is 0 Å². The van der Waals surface area contributed by atoms with Crippen LogP contribution in [0.4, 0.5) is 26.3 Å². The summed E-state index contributed by atoms with van der Waals surface area (Å²) < 4.78 is 85.7. The Hall–Kier alpha value is -2.12. The number of methoxy groups -OCH3 is 1. The zero-order chi connectivity index (χ0) is 16.6. The third-order valence-electron chi connectivity index (χ3n) is 3.31. The van der Waals surface area contributed by atoms with Gasteiger partial charge in [-0.1, -0.05) is 0 Å². The minimum atomic E-state index is -1.49. The first-order chi connectivity index (χ1) is 10.3. The highest BCUT2D eigenvalue weighted by atomic mass is 19.2. The Kier molecular flexibility index (Phi) is 4.39. The first-order valence-electron chi connectivity index (χ1n) is 6.11. The molecule has 1 nitrogen and oxygen atoms in total. The molecule has 0 spiro atoms. The van der Waals surface area contributed by atoms with E-state index >= 15 is 0 Å². The van der Waals surface area contributed by atoms with E-state index in [9.17, 15) is 26.3 Å². The van der Waals surface area contributed by atoms with E-state index in [1.807, 2.05) is 0 Å². The maximum atomic E-state index is 13.8. The number of hydrogen-bond acceptors (Lipinski definition) is 1. The van der Waals surface area contributed by atoms with Crippen molar-refractivity contribution in [3.8, 4) is 5.75 Å². The zero-order valence-corrected chi connectivity index (χ0v) is 11.5. The summed E-state index contributed by atoms with van der Waals surface area (Å²) in [7, 11) is 0.326. The Balaban J connectivity index is 2.64. The SMILES string of the molecule is COc1c(F)cc(F)c(F)c1Bc1c(F)cc(F)c(F)c1C. The van der Waals surface area contributed by atoms with Crippen LogP contribution in [0, 0.1) is 41.8 Å². The van der Waals surface area contributed by atoms with E-state index in [-0.39, 0.29) is 12.1 Å². The number of benzene rings is 2. The molecule has 22 heavy (non-hydrogen) atoms. The van der Waals surface area contributed by atoms with Gasteiger partial charge in [0.25, 0.3) is 0 Å². The molecular weight excluding hydrogens is 309 g/mol. The second-order valence-electron chi connectivity index (χ2n) is 4.60. The van der Waals surface area contributed by atoms with Gasteiger partial charge >= 0.3 is 0 Å². The number of rotatable bonds is 3. The van der Waals surface area contributed by atoms with E-state index < -0.39 is 64.4 Å². The molecule has 0 fully saturated rings. The standard InChI is InChI=1S/C14H9BF6O/c1-5-10(6(16)3-7(17)12(5)20)15-11-13(21)8(18)4-9(19)14(11)22-2/h3-4,15H,1-2H3. The molecule has 0 saturated heterocycles. The zero-order valence-electron chi connectivity index (χ0n) is 11.5. The lowest BCUT2D eigenvalue weighted by Gasteiger charge is -2.13. The quantitative estimate of drug-likeness (QED) is 0.479. The molecule has 0 heterocycles. The van der Waals surface area contributed by atoms with E-state index in [0.29, 0.717) is 0 Å². The van der Waals surface area contributed by atoms with Gasteiger partial charge in [0.15, 0.2) is 34.8 Å². The van der Waals surface area contributed by atoms with Crippen molar-refractivity contribution in [3.63, 3.8) is 0 Å². The normalized spacial score (nSPS) is 10.7. The van der Waals surface area contributed by atoms with E-state index in [0.717, 1.165) is 14.0 Å². The van der Waals surface area contributed by atoms with Crippen LogP contribution in [0.25, 0.3) is 0 Å². The smallest absolute Gasteiger partial charge is 0.205 e. The van der Waals surface area contributed by atoms with Crippen LogP contribution in [-0.4, -0.2) is 14.4 Å². The minimum absolute atomic E-state index is 0.284. The lowest BCUT2D eigenvalue weighted by atomic mass is 9.61. The molecule has 8 heteroatoms. The van der Waals surface area contributed by atoms with Gasteiger partial charge in [0.1, 0.15) is 5.82 Å². The Morgan fingerprint density at radius 3 is 1.91 bits per heavy atom. The van der Waals surface area contributed by atoms with Gasteiger partial charge in [-0.3, -0.25) is 0 Å². The molecule has 2 rings (SSSR count). The molecule has 2 aromatic carbocycles. The molecule has 0 atom stereocenters. The lowest BCUT2D eigenvalue weighted by molar-refractivity contribution is 0.381. The fraction of sp³-hybridized carbons (Fsp3) is 0.143. The molecule has 116 valence electrons. The molecule has 0 amide bonds. The molecule has 0 saturated carbocycles. The average Bonchev–Trinajstić information content (AvgIpc) is 2.46. The highest BCUT2D eigenvalue weighted by molar-refractivity contribution is 6.68. The van der Waals surface area contributed by atoms with Gasteiger partial charge < -0.3 is 4.74 Å². The Morgan fingerprint density at radius 2 is 1.32 bits per heavy atom. The van der Waals surface area contributed by atoms with Crippen molar-refractivity contribution >= 4 is 18.2 Å².